The van der Waals surface area contributed by atoms with Crippen LogP contribution >= 0.6 is 0 Å². The molecule has 19 heavy (non-hydrogen) atoms. The minimum Gasteiger partial charge on any atom is -0.398 e. The number of nitrogens with zero attached hydrogens (tertiary/aromatic N) is 1. The van der Waals surface area contributed by atoms with Gasteiger partial charge in [-0.2, -0.15) is 0 Å². The lowest BCUT2D eigenvalue weighted by atomic mass is 10.0. The van der Waals surface area contributed by atoms with Crippen LogP contribution in [0.4, 0.5) is 10.5 Å². The molecule has 0 radical (unpaired) electrons. The Balaban J connectivity index is 1.72. The van der Waals surface area contributed by atoms with Crippen molar-refractivity contribution in [2.45, 2.75) is 18.4 Å². The molecule has 0 bridgehead atoms. The number of hydrogen-bond acceptors (Lipinski definition) is 3. The number of urea groups is 1. The number of para-hydroxylation sites is 1. The van der Waals surface area contributed by atoms with Gasteiger partial charge in [0.1, 0.15) is 0 Å². The van der Waals surface area contributed by atoms with Gasteiger partial charge in [0, 0.05) is 24.3 Å². The van der Waals surface area contributed by atoms with Crippen LogP contribution in [0.5, 0.6) is 0 Å². The first-order chi connectivity index (χ1) is 9.21. The fraction of sp³-hybridized carbons (Fsp3) is 0.500. The molecule has 2 amide bonds. The zero-order valence-electron chi connectivity index (χ0n) is 10.9. The number of carbonyl (C=O) groups is 1. The van der Waals surface area contributed by atoms with Crippen LogP contribution in [0.15, 0.2) is 24.3 Å². The molecule has 0 spiro atoms. The van der Waals surface area contributed by atoms with E-state index in [1.54, 1.807) is 0 Å². The summed E-state index contributed by atoms with van der Waals surface area (Å²) in [5.74, 6) is 0. The van der Waals surface area contributed by atoms with E-state index in [2.05, 4.69) is 5.32 Å². The molecular formula is C14H19N3O2. The Labute approximate surface area is 112 Å². The molecule has 0 aromatic heterocycles. The smallest absolute Gasteiger partial charge is 0.318 e. The SMILES string of the molecule is Nc1ccccc1C1(NC(=O)N2CCOCC2)CC1. The molecule has 1 aromatic carbocycles. The summed E-state index contributed by atoms with van der Waals surface area (Å²) in [5.41, 5.74) is 7.56. The van der Waals surface area contributed by atoms with Gasteiger partial charge in [0.05, 0.1) is 18.8 Å². The highest BCUT2D eigenvalue weighted by Crippen LogP contribution is 2.47. The second kappa shape index (κ2) is 4.74. The van der Waals surface area contributed by atoms with E-state index in [1.165, 1.54) is 0 Å². The third kappa shape index (κ3) is 2.38. The Bertz CT molecular complexity index is 479. The standard InChI is InChI=1S/C14H19N3O2/c15-12-4-2-1-3-11(12)14(5-6-14)16-13(18)17-7-9-19-10-8-17/h1-4H,5-10,15H2,(H,16,18). The van der Waals surface area contributed by atoms with Crippen molar-refractivity contribution in [1.29, 1.82) is 0 Å². The average molecular weight is 261 g/mol. The fourth-order valence-corrected chi connectivity index (χ4v) is 2.57. The molecular weight excluding hydrogens is 242 g/mol. The highest BCUT2D eigenvalue weighted by Gasteiger charge is 2.47. The van der Waals surface area contributed by atoms with Gasteiger partial charge in [0.2, 0.25) is 0 Å². The van der Waals surface area contributed by atoms with Gasteiger partial charge < -0.3 is 20.7 Å². The molecule has 2 aliphatic rings. The quantitative estimate of drug-likeness (QED) is 0.788. The summed E-state index contributed by atoms with van der Waals surface area (Å²) in [6, 6.07) is 7.76. The highest BCUT2D eigenvalue weighted by atomic mass is 16.5. The number of nitrogens with one attached hydrogen (secondary N) is 1. The van der Waals surface area contributed by atoms with Crippen molar-refractivity contribution in [2.75, 3.05) is 32.0 Å². The van der Waals surface area contributed by atoms with Gasteiger partial charge in [0.15, 0.2) is 0 Å². The van der Waals surface area contributed by atoms with Crippen molar-refractivity contribution in [3.05, 3.63) is 29.8 Å². The van der Waals surface area contributed by atoms with Crippen molar-refractivity contribution in [1.82, 2.24) is 10.2 Å². The maximum Gasteiger partial charge on any atom is 0.318 e. The number of benzene rings is 1. The number of nitrogens with two attached hydrogens (primary N) is 1. The summed E-state index contributed by atoms with van der Waals surface area (Å²) >= 11 is 0. The number of nitrogen functional groups attached to an aromatic ring is 1. The summed E-state index contributed by atoms with van der Waals surface area (Å²) in [5, 5.41) is 3.15. The number of hydrogen-bond donors (Lipinski definition) is 2. The molecule has 0 atom stereocenters. The van der Waals surface area contributed by atoms with Gasteiger partial charge in [0.25, 0.3) is 0 Å². The zero-order chi connectivity index (χ0) is 13.3. The van der Waals surface area contributed by atoms with E-state index in [4.69, 9.17) is 10.5 Å². The van der Waals surface area contributed by atoms with Crippen LogP contribution in [0.2, 0.25) is 0 Å². The summed E-state index contributed by atoms with van der Waals surface area (Å²) in [6.07, 6.45) is 1.91. The second-order valence-corrected chi connectivity index (χ2v) is 5.20. The van der Waals surface area contributed by atoms with Gasteiger partial charge in [-0.25, -0.2) is 4.79 Å². The molecule has 1 aromatic rings. The van der Waals surface area contributed by atoms with Crippen LogP contribution in [-0.4, -0.2) is 37.2 Å². The molecule has 1 saturated carbocycles. The van der Waals surface area contributed by atoms with Crippen LogP contribution in [0, 0.1) is 0 Å². The molecule has 1 heterocycles. The van der Waals surface area contributed by atoms with Crippen molar-refractivity contribution < 1.29 is 9.53 Å². The van der Waals surface area contributed by atoms with E-state index in [0.717, 1.165) is 24.1 Å². The number of ether oxygens (including phenoxy) is 1. The summed E-state index contributed by atoms with van der Waals surface area (Å²) in [6.45, 7) is 2.56. The monoisotopic (exact) mass is 261 g/mol. The Kier molecular flexibility index (Phi) is 3.06. The summed E-state index contributed by atoms with van der Waals surface area (Å²) in [7, 11) is 0. The number of morpholine rings is 1. The zero-order valence-corrected chi connectivity index (χ0v) is 10.9. The number of rotatable bonds is 2. The van der Waals surface area contributed by atoms with E-state index in [0.29, 0.717) is 26.3 Å². The van der Waals surface area contributed by atoms with Crippen molar-refractivity contribution in [2.24, 2.45) is 0 Å². The van der Waals surface area contributed by atoms with Crippen LogP contribution < -0.4 is 11.1 Å². The second-order valence-electron chi connectivity index (χ2n) is 5.20. The number of carbonyl (C=O) groups excluding carboxylic acids is 1. The van der Waals surface area contributed by atoms with E-state index in [-0.39, 0.29) is 11.6 Å². The molecule has 1 aliphatic carbocycles. The minimum absolute atomic E-state index is 0.0101. The van der Waals surface area contributed by atoms with Crippen molar-refractivity contribution >= 4 is 11.7 Å². The third-order valence-corrected chi connectivity index (χ3v) is 3.87. The molecule has 1 aliphatic heterocycles. The predicted molar refractivity (Wildman–Crippen MR) is 72.7 cm³/mol. The predicted octanol–water partition coefficient (Wildman–Crippen LogP) is 1.30. The molecule has 102 valence electrons. The van der Waals surface area contributed by atoms with Crippen molar-refractivity contribution in [3.63, 3.8) is 0 Å². The Morgan fingerprint density at radius 1 is 1.26 bits per heavy atom. The summed E-state index contributed by atoms with van der Waals surface area (Å²) in [4.78, 5) is 14.1. The molecule has 3 rings (SSSR count). The van der Waals surface area contributed by atoms with E-state index < -0.39 is 0 Å². The molecule has 2 fully saturated rings. The molecule has 1 saturated heterocycles. The fourth-order valence-electron chi connectivity index (χ4n) is 2.57. The lowest BCUT2D eigenvalue weighted by Gasteiger charge is -2.30. The first-order valence-corrected chi connectivity index (χ1v) is 6.71. The maximum atomic E-state index is 12.3. The van der Waals surface area contributed by atoms with Gasteiger partial charge in [-0.05, 0) is 18.9 Å². The Morgan fingerprint density at radius 3 is 2.58 bits per heavy atom. The normalized spacial score (nSPS) is 20.9. The first kappa shape index (κ1) is 12.3. The minimum atomic E-state index is -0.249. The van der Waals surface area contributed by atoms with E-state index >= 15 is 0 Å². The highest BCUT2D eigenvalue weighted by molar-refractivity contribution is 5.76. The largest absolute Gasteiger partial charge is 0.398 e. The lowest BCUT2D eigenvalue weighted by Crippen LogP contribution is -2.49. The van der Waals surface area contributed by atoms with E-state index in [9.17, 15) is 4.79 Å². The van der Waals surface area contributed by atoms with Gasteiger partial charge in [-0.15, -0.1) is 0 Å². The third-order valence-electron chi connectivity index (χ3n) is 3.87. The van der Waals surface area contributed by atoms with Crippen LogP contribution in [0.1, 0.15) is 18.4 Å². The molecule has 5 nitrogen and oxygen atoms in total. The van der Waals surface area contributed by atoms with Crippen molar-refractivity contribution in [3.8, 4) is 0 Å². The Morgan fingerprint density at radius 2 is 1.95 bits per heavy atom. The molecule has 3 N–H and O–H groups in total. The molecule has 0 unspecified atom stereocenters. The number of amides is 2. The van der Waals surface area contributed by atoms with Gasteiger partial charge >= 0.3 is 6.03 Å². The molecule has 5 heteroatoms. The van der Waals surface area contributed by atoms with E-state index in [1.807, 2.05) is 29.2 Å². The first-order valence-electron chi connectivity index (χ1n) is 6.71. The van der Waals surface area contributed by atoms with Crippen LogP contribution in [0.25, 0.3) is 0 Å². The summed E-state index contributed by atoms with van der Waals surface area (Å²) < 4.78 is 5.26. The maximum absolute atomic E-state index is 12.3. The number of anilines is 1. The van der Waals surface area contributed by atoms with Crippen LogP contribution in [-0.2, 0) is 10.3 Å². The Hall–Kier alpha value is -1.75. The lowest BCUT2D eigenvalue weighted by molar-refractivity contribution is 0.0522. The van der Waals surface area contributed by atoms with Crippen LogP contribution in [0.3, 0.4) is 0 Å². The van der Waals surface area contributed by atoms with Gasteiger partial charge in [-0.3, -0.25) is 0 Å². The average Bonchev–Trinajstić information content (AvgIpc) is 3.21. The van der Waals surface area contributed by atoms with Gasteiger partial charge in [-0.1, -0.05) is 18.2 Å². The topological polar surface area (TPSA) is 67.6 Å².